The third-order valence-corrected chi connectivity index (χ3v) is 14.7. The summed E-state index contributed by atoms with van der Waals surface area (Å²) >= 11 is 0. The van der Waals surface area contributed by atoms with Gasteiger partial charge in [-0.1, -0.05) is 48.5 Å². The number of hydrogen-bond donors (Lipinski definition) is 0. The maximum absolute atomic E-state index is 11.7. The van der Waals surface area contributed by atoms with E-state index >= 15 is 0 Å². The summed E-state index contributed by atoms with van der Waals surface area (Å²) in [6.07, 6.45) is 1.73. The second kappa shape index (κ2) is 7.51. The molecule has 26 heavy (non-hydrogen) atoms. The van der Waals surface area contributed by atoms with Gasteiger partial charge in [-0.15, -0.1) is 0 Å². The number of hydrogen-bond acceptors (Lipinski definition) is 3. The fourth-order valence-electron chi connectivity index (χ4n) is 2.03. The molecular formula is C21H38O3Si2. The Morgan fingerprint density at radius 1 is 0.846 bits per heavy atom. The van der Waals surface area contributed by atoms with E-state index < -0.39 is 16.6 Å². The zero-order valence-corrected chi connectivity index (χ0v) is 20.7. The normalized spacial score (nSPS) is 13.5. The Kier molecular flexibility index (Phi) is 6.63. The number of aldehydes is 1. The van der Waals surface area contributed by atoms with Crippen molar-refractivity contribution in [1.82, 2.24) is 0 Å². The van der Waals surface area contributed by atoms with Crippen molar-refractivity contribution in [3.63, 3.8) is 0 Å². The topological polar surface area (TPSA) is 35.5 Å². The number of rotatable bonds is 6. The second-order valence-electron chi connectivity index (χ2n) is 10.2. The summed E-state index contributed by atoms with van der Waals surface area (Å²) in [6.45, 7) is 24.3. The molecule has 148 valence electrons. The molecule has 5 heteroatoms. The molecule has 0 N–H and O–H groups in total. The standard InChI is InChI=1S/C21H38O3Si2/c1-12-16-13-17(15-22)19(24-26(10,11)21(5,6)7)14-18(16)23-25(8,9)20(2,3)4/h13-15H,12H2,1-11H3. The van der Waals surface area contributed by atoms with Crippen molar-refractivity contribution in [2.24, 2.45) is 0 Å². The van der Waals surface area contributed by atoms with Gasteiger partial charge in [-0.25, -0.2) is 0 Å². The van der Waals surface area contributed by atoms with Crippen LogP contribution in [0.3, 0.4) is 0 Å². The third-order valence-electron chi connectivity index (χ3n) is 6.04. The molecule has 0 aliphatic carbocycles. The van der Waals surface area contributed by atoms with Crippen molar-refractivity contribution in [2.45, 2.75) is 91.2 Å². The van der Waals surface area contributed by atoms with Crippen LogP contribution in [0.15, 0.2) is 12.1 Å². The zero-order valence-electron chi connectivity index (χ0n) is 18.7. The maximum atomic E-state index is 11.7. The van der Waals surface area contributed by atoms with Gasteiger partial charge in [0, 0.05) is 6.07 Å². The van der Waals surface area contributed by atoms with E-state index in [4.69, 9.17) is 8.85 Å². The highest BCUT2D eigenvalue weighted by Crippen LogP contribution is 2.42. The molecular weight excluding hydrogens is 356 g/mol. The van der Waals surface area contributed by atoms with E-state index in [-0.39, 0.29) is 10.1 Å². The first-order chi connectivity index (χ1) is 11.6. The first kappa shape index (κ1) is 23.0. The largest absolute Gasteiger partial charge is 0.543 e. The van der Waals surface area contributed by atoms with E-state index in [9.17, 15) is 4.79 Å². The van der Waals surface area contributed by atoms with Crippen LogP contribution in [0, 0.1) is 0 Å². The molecule has 0 aliphatic rings. The van der Waals surface area contributed by atoms with E-state index in [2.05, 4.69) is 74.7 Å². The molecule has 0 unspecified atom stereocenters. The van der Waals surface area contributed by atoms with Gasteiger partial charge in [-0.2, -0.15) is 0 Å². The average Bonchev–Trinajstić information content (AvgIpc) is 2.44. The number of carbonyl (C=O) groups excluding carboxylic acids is 1. The lowest BCUT2D eigenvalue weighted by Gasteiger charge is -2.38. The lowest BCUT2D eigenvalue weighted by Crippen LogP contribution is -2.45. The first-order valence-corrected chi connectivity index (χ1v) is 15.4. The summed E-state index contributed by atoms with van der Waals surface area (Å²) in [5.74, 6) is 1.54. The molecule has 0 saturated heterocycles. The minimum atomic E-state index is -2.04. The van der Waals surface area contributed by atoms with Crippen LogP contribution in [0.4, 0.5) is 0 Å². The van der Waals surface area contributed by atoms with Crippen molar-refractivity contribution in [3.05, 3.63) is 23.3 Å². The quantitative estimate of drug-likeness (QED) is 0.392. The first-order valence-electron chi connectivity index (χ1n) is 9.56. The van der Waals surface area contributed by atoms with Crippen LogP contribution in [-0.4, -0.2) is 22.9 Å². The molecule has 0 atom stereocenters. The molecule has 0 aromatic heterocycles. The van der Waals surface area contributed by atoms with Crippen molar-refractivity contribution in [2.75, 3.05) is 0 Å². The van der Waals surface area contributed by atoms with E-state index in [1.54, 1.807) is 0 Å². The van der Waals surface area contributed by atoms with Crippen LogP contribution in [0.1, 0.15) is 64.4 Å². The molecule has 1 rings (SSSR count). The summed E-state index contributed by atoms with van der Waals surface area (Å²) in [7, 11) is -4.01. The highest BCUT2D eigenvalue weighted by Gasteiger charge is 2.41. The Bertz CT molecular complexity index is 650. The van der Waals surface area contributed by atoms with Gasteiger partial charge in [0.2, 0.25) is 8.32 Å². The minimum Gasteiger partial charge on any atom is -0.543 e. The smallest absolute Gasteiger partial charge is 0.250 e. The fourth-order valence-corrected chi connectivity index (χ4v) is 4.11. The van der Waals surface area contributed by atoms with Crippen LogP contribution in [0.5, 0.6) is 11.5 Å². The summed E-state index contributed by atoms with van der Waals surface area (Å²) in [5, 5.41) is 0.179. The van der Waals surface area contributed by atoms with Gasteiger partial charge in [0.15, 0.2) is 6.29 Å². The molecule has 1 aromatic rings. The van der Waals surface area contributed by atoms with Crippen molar-refractivity contribution in [3.8, 4) is 11.5 Å². The predicted molar refractivity (Wildman–Crippen MR) is 117 cm³/mol. The molecule has 0 amide bonds. The molecule has 0 radical (unpaired) electrons. The molecule has 0 aliphatic heterocycles. The second-order valence-corrected chi connectivity index (χ2v) is 19.6. The van der Waals surface area contributed by atoms with Crippen LogP contribution < -0.4 is 8.85 Å². The van der Waals surface area contributed by atoms with Crippen LogP contribution in [-0.2, 0) is 6.42 Å². The summed E-state index contributed by atoms with van der Waals surface area (Å²) in [5.41, 5.74) is 1.69. The minimum absolute atomic E-state index is 0.0665. The molecule has 3 nitrogen and oxygen atoms in total. The zero-order chi connectivity index (χ0) is 20.6. The van der Waals surface area contributed by atoms with Gasteiger partial charge in [-0.05, 0) is 54.3 Å². The Hall–Kier alpha value is -1.08. The number of carbonyl (C=O) groups is 1. The molecule has 0 spiro atoms. The van der Waals surface area contributed by atoms with Crippen molar-refractivity contribution in [1.29, 1.82) is 0 Å². The lowest BCUT2D eigenvalue weighted by atomic mass is 10.1. The van der Waals surface area contributed by atoms with Crippen LogP contribution in [0.2, 0.25) is 36.3 Å². The van der Waals surface area contributed by atoms with Gasteiger partial charge in [0.05, 0.1) is 5.56 Å². The molecule has 1 aromatic carbocycles. The van der Waals surface area contributed by atoms with Crippen LogP contribution in [0.25, 0.3) is 0 Å². The predicted octanol–water partition coefficient (Wildman–Crippen LogP) is 6.83. The van der Waals surface area contributed by atoms with Gasteiger partial charge < -0.3 is 8.85 Å². The number of benzene rings is 1. The Morgan fingerprint density at radius 2 is 1.27 bits per heavy atom. The third kappa shape index (κ3) is 5.00. The summed E-state index contributed by atoms with van der Waals surface area (Å²) < 4.78 is 13.1. The van der Waals surface area contributed by atoms with Gasteiger partial charge >= 0.3 is 0 Å². The Balaban J connectivity index is 3.43. The molecule has 0 bridgehead atoms. The molecule has 0 fully saturated rings. The highest BCUT2D eigenvalue weighted by atomic mass is 28.4. The monoisotopic (exact) mass is 394 g/mol. The van der Waals surface area contributed by atoms with Gasteiger partial charge in [0.25, 0.3) is 8.32 Å². The average molecular weight is 395 g/mol. The van der Waals surface area contributed by atoms with Crippen molar-refractivity contribution < 1.29 is 13.6 Å². The van der Waals surface area contributed by atoms with Gasteiger partial charge in [0.1, 0.15) is 11.5 Å². The lowest BCUT2D eigenvalue weighted by molar-refractivity contribution is 0.112. The SMILES string of the molecule is CCc1cc(C=O)c(O[Si](C)(C)C(C)(C)C)cc1O[Si](C)(C)C(C)(C)C. The van der Waals surface area contributed by atoms with Crippen molar-refractivity contribution >= 4 is 22.9 Å². The Morgan fingerprint density at radius 3 is 1.62 bits per heavy atom. The number of aryl methyl sites for hydroxylation is 1. The van der Waals surface area contributed by atoms with E-state index in [0.717, 1.165) is 24.0 Å². The van der Waals surface area contributed by atoms with E-state index in [1.165, 1.54) is 0 Å². The fraction of sp³-hybridized carbons (Fsp3) is 0.667. The molecule has 0 heterocycles. The summed E-state index contributed by atoms with van der Waals surface area (Å²) in [6, 6.07) is 3.90. The van der Waals surface area contributed by atoms with Gasteiger partial charge in [-0.3, -0.25) is 4.79 Å². The maximum Gasteiger partial charge on any atom is 0.250 e. The molecule has 0 saturated carbocycles. The van der Waals surface area contributed by atoms with E-state index in [0.29, 0.717) is 11.3 Å². The van der Waals surface area contributed by atoms with Crippen LogP contribution >= 0.6 is 0 Å². The highest BCUT2D eigenvalue weighted by molar-refractivity contribution is 6.75. The summed E-state index contributed by atoms with van der Waals surface area (Å²) in [4.78, 5) is 11.7. The van der Waals surface area contributed by atoms with E-state index in [1.807, 2.05) is 12.1 Å². The Labute approximate surface area is 162 Å².